The SMILES string of the molecule is COC(=O)C1=C(N)OC2=C(C(=O)CC(C)(C)C2)[C@@H]1c1ccccc1OCc1ccccc1. The molecule has 0 aromatic heterocycles. The Balaban J connectivity index is 1.81. The van der Waals surface area contributed by atoms with Crippen molar-refractivity contribution < 1.29 is 23.8 Å². The maximum atomic E-state index is 13.3. The van der Waals surface area contributed by atoms with Gasteiger partial charge in [-0.15, -0.1) is 0 Å². The van der Waals surface area contributed by atoms with E-state index in [1.165, 1.54) is 7.11 Å². The lowest BCUT2D eigenvalue weighted by atomic mass is 9.70. The number of carbonyl (C=O) groups excluding carboxylic acids is 2. The average molecular weight is 434 g/mol. The number of nitrogens with two attached hydrogens (primary N) is 1. The van der Waals surface area contributed by atoms with Gasteiger partial charge in [0, 0.05) is 24.0 Å². The second-order valence-corrected chi connectivity index (χ2v) is 8.89. The van der Waals surface area contributed by atoms with Crippen molar-refractivity contribution >= 4 is 11.8 Å². The van der Waals surface area contributed by atoms with Crippen LogP contribution in [0.5, 0.6) is 5.75 Å². The first-order chi connectivity index (χ1) is 15.3. The van der Waals surface area contributed by atoms with Crippen molar-refractivity contribution in [3.05, 3.63) is 88.5 Å². The van der Waals surface area contributed by atoms with Gasteiger partial charge in [-0.25, -0.2) is 4.79 Å². The Hall–Kier alpha value is -3.54. The zero-order chi connectivity index (χ0) is 22.9. The van der Waals surface area contributed by atoms with Crippen molar-refractivity contribution in [3.63, 3.8) is 0 Å². The lowest BCUT2D eigenvalue weighted by Gasteiger charge is -2.38. The first-order valence-corrected chi connectivity index (χ1v) is 10.6. The van der Waals surface area contributed by atoms with Crippen LogP contribution in [0.4, 0.5) is 0 Å². The maximum Gasteiger partial charge on any atom is 0.340 e. The second-order valence-electron chi connectivity index (χ2n) is 8.89. The van der Waals surface area contributed by atoms with Crippen LogP contribution in [0.15, 0.2) is 77.4 Å². The van der Waals surface area contributed by atoms with Gasteiger partial charge in [-0.1, -0.05) is 62.4 Å². The van der Waals surface area contributed by atoms with Gasteiger partial charge in [0.1, 0.15) is 23.7 Å². The number of esters is 1. The molecule has 0 unspecified atom stereocenters. The molecule has 6 nitrogen and oxygen atoms in total. The van der Waals surface area contributed by atoms with E-state index in [1.54, 1.807) is 0 Å². The second kappa shape index (κ2) is 8.54. The van der Waals surface area contributed by atoms with Crippen LogP contribution in [-0.2, 0) is 25.7 Å². The molecule has 0 fully saturated rings. The van der Waals surface area contributed by atoms with Gasteiger partial charge in [0.05, 0.1) is 13.0 Å². The minimum Gasteiger partial charge on any atom is -0.489 e. The van der Waals surface area contributed by atoms with Gasteiger partial charge in [-0.05, 0) is 17.0 Å². The summed E-state index contributed by atoms with van der Waals surface area (Å²) >= 11 is 0. The average Bonchev–Trinajstić information content (AvgIpc) is 2.76. The van der Waals surface area contributed by atoms with Crippen molar-refractivity contribution in [3.8, 4) is 5.75 Å². The van der Waals surface area contributed by atoms with E-state index in [-0.39, 0.29) is 22.7 Å². The fraction of sp³-hybridized carbons (Fsp3) is 0.308. The number of benzene rings is 2. The van der Waals surface area contributed by atoms with Crippen molar-refractivity contribution in [2.75, 3.05) is 7.11 Å². The van der Waals surface area contributed by atoms with Gasteiger partial charge in [0.2, 0.25) is 5.88 Å². The zero-order valence-electron chi connectivity index (χ0n) is 18.5. The van der Waals surface area contributed by atoms with Crippen molar-refractivity contribution in [2.45, 2.75) is 39.2 Å². The predicted octanol–water partition coefficient (Wildman–Crippen LogP) is 4.37. The van der Waals surface area contributed by atoms with Crippen LogP contribution in [0, 0.1) is 5.41 Å². The molecular formula is C26H27NO5. The molecule has 32 heavy (non-hydrogen) atoms. The van der Waals surface area contributed by atoms with Crippen LogP contribution in [0.25, 0.3) is 0 Å². The Labute approximate surface area is 187 Å². The third-order valence-corrected chi connectivity index (χ3v) is 5.83. The lowest BCUT2D eigenvalue weighted by molar-refractivity contribution is -0.136. The van der Waals surface area contributed by atoms with E-state index in [0.29, 0.717) is 42.1 Å². The molecule has 1 heterocycles. The fourth-order valence-electron chi connectivity index (χ4n) is 4.39. The first-order valence-electron chi connectivity index (χ1n) is 10.6. The highest BCUT2D eigenvalue weighted by Gasteiger charge is 2.45. The van der Waals surface area contributed by atoms with Crippen LogP contribution in [0.3, 0.4) is 0 Å². The Kier molecular flexibility index (Phi) is 5.78. The van der Waals surface area contributed by atoms with Gasteiger partial charge in [-0.3, -0.25) is 4.79 Å². The molecule has 0 spiro atoms. The van der Waals surface area contributed by atoms with E-state index in [0.717, 1.165) is 5.56 Å². The molecule has 2 aromatic carbocycles. The molecule has 2 aliphatic rings. The Morgan fingerprint density at radius 3 is 2.50 bits per heavy atom. The van der Waals surface area contributed by atoms with Gasteiger partial charge >= 0.3 is 5.97 Å². The summed E-state index contributed by atoms with van der Waals surface area (Å²) in [5, 5.41) is 0. The molecule has 0 saturated carbocycles. The quantitative estimate of drug-likeness (QED) is 0.705. The van der Waals surface area contributed by atoms with Crippen molar-refractivity contribution in [1.82, 2.24) is 0 Å². The molecule has 4 rings (SSSR count). The summed E-state index contributed by atoms with van der Waals surface area (Å²) in [4.78, 5) is 26.0. The zero-order valence-corrected chi connectivity index (χ0v) is 18.5. The van der Waals surface area contributed by atoms with E-state index < -0.39 is 11.9 Å². The van der Waals surface area contributed by atoms with Crippen LogP contribution < -0.4 is 10.5 Å². The lowest BCUT2D eigenvalue weighted by Crippen LogP contribution is -2.35. The normalized spacial score (nSPS) is 19.8. The molecule has 1 aliphatic heterocycles. The summed E-state index contributed by atoms with van der Waals surface area (Å²) < 4.78 is 17.0. The van der Waals surface area contributed by atoms with Gasteiger partial charge < -0.3 is 19.9 Å². The molecule has 0 saturated heterocycles. The summed E-state index contributed by atoms with van der Waals surface area (Å²) in [6, 6.07) is 17.2. The van der Waals surface area contributed by atoms with Crippen LogP contribution >= 0.6 is 0 Å². The number of hydrogen-bond donors (Lipinski definition) is 1. The largest absolute Gasteiger partial charge is 0.489 e. The van der Waals surface area contributed by atoms with Crippen LogP contribution in [-0.4, -0.2) is 18.9 Å². The minimum absolute atomic E-state index is 0.0380. The summed E-state index contributed by atoms with van der Waals surface area (Å²) in [6.07, 6.45) is 0.903. The number of allylic oxidation sites excluding steroid dienone is 2. The molecule has 1 aliphatic carbocycles. The number of ketones is 1. The number of rotatable bonds is 5. The summed E-state index contributed by atoms with van der Waals surface area (Å²) in [5.41, 5.74) is 8.21. The topological polar surface area (TPSA) is 87.9 Å². The van der Waals surface area contributed by atoms with E-state index in [2.05, 4.69) is 0 Å². The number of hydrogen-bond acceptors (Lipinski definition) is 6. The smallest absolute Gasteiger partial charge is 0.340 e. The molecular weight excluding hydrogens is 406 g/mol. The maximum absolute atomic E-state index is 13.3. The standard InChI is InChI=1S/C26H27NO5/c1-26(2)13-18(28)22-20(14-26)32-24(27)23(25(29)30-3)21(22)17-11-7-8-12-19(17)31-15-16-9-5-4-6-10-16/h4-12,21H,13-15,27H2,1-3H3/t21-/m0/s1. The monoisotopic (exact) mass is 433 g/mol. The highest BCUT2D eigenvalue weighted by molar-refractivity contribution is 6.03. The highest BCUT2D eigenvalue weighted by Crippen LogP contribution is 2.49. The molecule has 166 valence electrons. The van der Waals surface area contributed by atoms with Gasteiger partial charge in [0.15, 0.2) is 5.78 Å². The molecule has 0 radical (unpaired) electrons. The van der Waals surface area contributed by atoms with E-state index >= 15 is 0 Å². The van der Waals surface area contributed by atoms with E-state index in [9.17, 15) is 9.59 Å². The molecule has 2 N–H and O–H groups in total. The van der Waals surface area contributed by atoms with Crippen LogP contribution in [0.1, 0.15) is 43.7 Å². The number of ether oxygens (including phenoxy) is 3. The van der Waals surface area contributed by atoms with Gasteiger partial charge in [0.25, 0.3) is 0 Å². The minimum atomic E-state index is -0.721. The Morgan fingerprint density at radius 2 is 1.78 bits per heavy atom. The molecule has 0 bridgehead atoms. The number of para-hydroxylation sites is 1. The Morgan fingerprint density at radius 1 is 1.09 bits per heavy atom. The van der Waals surface area contributed by atoms with E-state index in [1.807, 2.05) is 68.4 Å². The summed E-state index contributed by atoms with van der Waals surface area (Å²) in [7, 11) is 1.28. The van der Waals surface area contributed by atoms with Gasteiger partial charge in [-0.2, -0.15) is 0 Å². The number of methoxy groups -OCH3 is 1. The van der Waals surface area contributed by atoms with Crippen molar-refractivity contribution in [2.24, 2.45) is 11.1 Å². The van der Waals surface area contributed by atoms with Crippen molar-refractivity contribution in [1.29, 1.82) is 0 Å². The summed E-state index contributed by atoms with van der Waals surface area (Å²) in [6.45, 7) is 4.38. The molecule has 2 aromatic rings. The third-order valence-electron chi connectivity index (χ3n) is 5.83. The molecule has 0 amide bonds. The predicted molar refractivity (Wildman–Crippen MR) is 119 cm³/mol. The summed E-state index contributed by atoms with van der Waals surface area (Å²) in [5.74, 6) is -0.366. The fourth-order valence-corrected chi connectivity index (χ4v) is 4.39. The number of Topliss-reactive ketones (excluding diaryl/α,β-unsaturated/α-hetero) is 1. The molecule has 1 atom stereocenters. The Bertz CT molecular complexity index is 1110. The third kappa shape index (κ3) is 4.13. The highest BCUT2D eigenvalue weighted by atomic mass is 16.5. The number of carbonyl (C=O) groups is 2. The van der Waals surface area contributed by atoms with Crippen LogP contribution in [0.2, 0.25) is 0 Å². The molecule has 6 heteroatoms. The van der Waals surface area contributed by atoms with E-state index in [4.69, 9.17) is 19.9 Å². The first kappa shape index (κ1) is 21.7.